The van der Waals surface area contributed by atoms with Crippen molar-refractivity contribution < 1.29 is 38.2 Å². The fraction of sp³-hybridized carbons (Fsp3) is 0.263. The minimum Gasteiger partial charge on any atom is -0.494 e. The summed E-state index contributed by atoms with van der Waals surface area (Å²) in [5.74, 6) is -1.24. The third-order valence-corrected chi connectivity index (χ3v) is 9.50. The minimum absolute atomic E-state index is 0.0372. The third-order valence-electron chi connectivity index (χ3n) is 9.50. The number of fused-ring (bicyclic) bond motifs is 3. The maximum Gasteiger partial charge on any atom is 0.319 e. The Morgan fingerprint density at radius 1 is 0.875 bits per heavy atom. The first-order valence-corrected chi connectivity index (χ1v) is 17.7. The number of benzene rings is 3. The molecule has 4 aromatic rings. The molecule has 0 saturated carbocycles. The number of aromatic nitrogens is 2. The first kappa shape index (κ1) is 37.2. The predicted octanol–water partition coefficient (Wildman–Crippen LogP) is 3.24. The highest BCUT2D eigenvalue weighted by molar-refractivity contribution is 6.25. The van der Waals surface area contributed by atoms with E-state index in [-0.39, 0.29) is 55.6 Å². The molecule has 0 aliphatic carbocycles. The van der Waals surface area contributed by atoms with E-state index in [1.54, 1.807) is 49.6 Å². The molecule has 1 aromatic heterocycles. The van der Waals surface area contributed by atoms with Crippen LogP contribution in [0.5, 0.6) is 5.75 Å². The average molecular weight is 763 g/mol. The number of rotatable bonds is 12. The number of hydrogen-bond donors (Lipinski definition) is 5. The van der Waals surface area contributed by atoms with Gasteiger partial charge >= 0.3 is 6.03 Å². The smallest absolute Gasteiger partial charge is 0.319 e. The van der Waals surface area contributed by atoms with E-state index in [9.17, 15) is 28.8 Å². The highest BCUT2D eigenvalue weighted by atomic mass is 16.5. The summed E-state index contributed by atoms with van der Waals surface area (Å²) in [5, 5.41) is 13.9. The fourth-order valence-corrected chi connectivity index (χ4v) is 6.69. The SMILES string of the molecule is COc1cc(NC(=O)NCCOCCNc2cccc3c2C(=O)N(C2CCC(=O)NC2=O)C3=O)ccc1Nc1ncc2c(n1)N(C)c1ccccc1C(=O)N2C. The molecule has 1 fully saturated rings. The van der Waals surface area contributed by atoms with Gasteiger partial charge in [0.2, 0.25) is 17.8 Å². The van der Waals surface area contributed by atoms with Gasteiger partial charge in [0.15, 0.2) is 5.82 Å². The van der Waals surface area contributed by atoms with Crippen LogP contribution in [0.2, 0.25) is 0 Å². The van der Waals surface area contributed by atoms with Gasteiger partial charge in [-0.3, -0.25) is 34.2 Å². The summed E-state index contributed by atoms with van der Waals surface area (Å²) in [6.45, 7) is 0.914. The van der Waals surface area contributed by atoms with E-state index in [1.165, 1.54) is 18.1 Å². The summed E-state index contributed by atoms with van der Waals surface area (Å²) in [6.07, 6.45) is 1.69. The Bertz CT molecular complexity index is 2270. The van der Waals surface area contributed by atoms with Crippen LogP contribution in [0.4, 0.5) is 45.0 Å². The molecule has 3 aliphatic heterocycles. The summed E-state index contributed by atoms with van der Waals surface area (Å²) in [4.78, 5) is 89.4. The standard InChI is InChI=1S/C38H38N10O8/c1-46-26-10-5-4-7-22(26)34(51)47(2)28-20-41-37(45-32(28)46)43-24-12-11-21(19-29(24)55-3)42-38(54)40-16-18-56-17-15-39-25-9-6-8-23-31(25)36(53)48(35(23)52)27-13-14-30(49)44-33(27)50/h4-12,19-20,27,39H,13-18H2,1-3H3,(H2,40,42,54)(H,41,43,45)(H,44,49,50). The van der Waals surface area contributed by atoms with Crippen molar-refractivity contribution in [2.45, 2.75) is 18.9 Å². The number of imide groups is 2. The quantitative estimate of drug-likeness (QED) is 0.104. The van der Waals surface area contributed by atoms with Gasteiger partial charge in [0.1, 0.15) is 17.5 Å². The molecule has 1 unspecified atom stereocenters. The van der Waals surface area contributed by atoms with Crippen LogP contribution in [-0.2, 0) is 14.3 Å². The van der Waals surface area contributed by atoms with Crippen molar-refractivity contribution in [1.82, 2.24) is 25.5 Å². The first-order valence-electron chi connectivity index (χ1n) is 17.7. The monoisotopic (exact) mass is 762 g/mol. The minimum atomic E-state index is -1.05. The molecule has 5 N–H and O–H groups in total. The predicted molar refractivity (Wildman–Crippen MR) is 205 cm³/mol. The Hall–Kier alpha value is -7.08. The van der Waals surface area contributed by atoms with Crippen molar-refractivity contribution in [3.63, 3.8) is 0 Å². The van der Waals surface area contributed by atoms with Crippen molar-refractivity contribution in [1.29, 1.82) is 0 Å². The van der Waals surface area contributed by atoms with E-state index in [1.807, 2.05) is 30.1 Å². The van der Waals surface area contributed by atoms with Crippen LogP contribution in [0.3, 0.4) is 0 Å². The number of ether oxygens (including phenoxy) is 2. The lowest BCUT2D eigenvalue weighted by Crippen LogP contribution is -2.54. The third kappa shape index (κ3) is 7.24. The second-order valence-electron chi connectivity index (χ2n) is 13.0. The van der Waals surface area contributed by atoms with Crippen molar-refractivity contribution in [2.24, 2.45) is 0 Å². The number of carbonyl (C=O) groups is 6. The van der Waals surface area contributed by atoms with Gasteiger partial charge < -0.3 is 40.5 Å². The summed E-state index contributed by atoms with van der Waals surface area (Å²) in [7, 11) is 5.02. The second-order valence-corrected chi connectivity index (χ2v) is 13.0. The lowest BCUT2D eigenvalue weighted by Gasteiger charge is -2.27. The van der Waals surface area contributed by atoms with Crippen LogP contribution in [-0.4, -0.2) is 104 Å². The van der Waals surface area contributed by atoms with Crippen LogP contribution >= 0.6 is 0 Å². The molecular formula is C38H38N10O8. The molecule has 3 aromatic carbocycles. The molecule has 56 heavy (non-hydrogen) atoms. The summed E-state index contributed by atoms with van der Waals surface area (Å²) in [6, 6.07) is 15.7. The molecule has 18 heteroatoms. The van der Waals surface area contributed by atoms with Crippen LogP contribution < -0.4 is 41.1 Å². The van der Waals surface area contributed by atoms with Crippen molar-refractivity contribution in [3.8, 4) is 5.75 Å². The Kier molecular flexibility index (Phi) is 10.5. The number of nitrogens with one attached hydrogen (secondary N) is 5. The topological polar surface area (TPSA) is 217 Å². The number of urea groups is 1. The van der Waals surface area contributed by atoms with E-state index in [2.05, 4.69) is 31.6 Å². The van der Waals surface area contributed by atoms with Gasteiger partial charge in [-0.15, -0.1) is 0 Å². The summed E-state index contributed by atoms with van der Waals surface area (Å²) >= 11 is 0. The van der Waals surface area contributed by atoms with Crippen molar-refractivity contribution >= 4 is 75.8 Å². The molecule has 1 saturated heterocycles. The zero-order valence-electron chi connectivity index (χ0n) is 30.7. The second kappa shape index (κ2) is 15.7. The highest BCUT2D eigenvalue weighted by Crippen LogP contribution is 2.39. The van der Waals surface area contributed by atoms with Gasteiger partial charge in [-0.25, -0.2) is 9.78 Å². The number of amides is 7. The number of para-hydroxylation sites is 1. The van der Waals surface area contributed by atoms with Gasteiger partial charge in [-0.2, -0.15) is 4.98 Å². The summed E-state index contributed by atoms with van der Waals surface area (Å²) < 4.78 is 11.2. The Morgan fingerprint density at radius 2 is 1.66 bits per heavy atom. The molecule has 7 rings (SSSR count). The molecule has 4 heterocycles. The van der Waals surface area contributed by atoms with Gasteiger partial charge in [0.05, 0.1) is 54.6 Å². The molecule has 1 atom stereocenters. The molecule has 0 bridgehead atoms. The number of methoxy groups -OCH3 is 1. The van der Waals surface area contributed by atoms with Crippen LogP contribution in [0.1, 0.15) is 43.9 Å². The Balaban J connectivity index is 0.876. The number of nitrogens with zero attached hydrogens (tertiary/aromatic N) is 5. The number of anilines is 7. The molecular weight excluding hydrogens is 724 g/mol. The highest BCUT2D eigenvalue weighted by Gasteiger charge is 2.45. The van der Waals surface area contributed by atoms with Gasteiger partial charge in [0, 0.05) is 51.0 Å². The zero-order valence-corrected chi connectivity index (χ0v) is 30.7. The lowest BCUT2D eigenvalue weighted by atomic mass is 10.0. The molecule has 0 spiro atoms. The molecule has 3 aliphatic rings. The van der Waals surface area contributed by atoms with Gasteiger partial charge in [-0.05, 0) is 42.8 Å². The van der Waals surface area contributed by atoms with E-state index < -0.39 is 35.7 Å². The number of piperidine rings is 1. The lowest BCUT2D eigenvalue weighted by molar-refractivity contribution is -0.136. The fourth-order valence-electron chi connectivity index (χ4n) is 6.69. The normalized spacial score (nSPS) is 16.1. The Labute approximate surface area is 320 Å². The molecule has 288 valence electrons. The summed E-state index contributed by atoms with van der Waals surface area (Å²) in [5.41, 5.74) is 3.59. The number of carbonyl (C=O) groups excluding carboxylic acids is 6. The van der Waals surface area contributed by atoms with Gasteiger partial charge in [-0.1, -0.05) is 18.2 Å². The molecule has 7 amide bonds. The molecule has 0 radical (unpaired) electrons. The van der Waals surface area contributed by atoms with E-state index >= 15 is 0 Å². The molecule has 18 nitrogen and oxygen atoms in total. The zero-order chi connectivity index (χ0) is 39.5. The number of hydrogen-bond acceptors (Lipinski definition) is 13. The van der Waals surface area contributed by atoms with Crippen LogP contribution in [0.15, 0.2) is 66.9 Å². The average Bonchev–Trinajstić information content (AvgIpc) is 3.42. The van der Waals surface area contributed by atoms with E-state index in [0.717, 1.165) is 10.6 Å². The van der Waals surface area contributed by atoms with Gasteiger partial charge in [0.25, 0.3) is 17.7 Å². The van der Waals surface area contributed by atoms with Crippen molar-refractivity contribution in [3.05, 3.63) is 83.6 Å². The van der Waals surface area contributed by atoms with Crippen LogP contribution in [0, 0.1) is 0 Å². The van der Waals surface area contributed by atoms with E-state index in [4.69, 9.17) is 14.5 Å². The van der Waals surface area contributed by atoms with Crippen LogP contribution in [0.25, 0.3) is 0 Å². The first-order chi connectivity index (χ1) is 27.0. The maximum atomic E-state index is 13.3. The largest absolute Gasteiger partial charge is 0.494 e. The van der Waals surface area contributed by atoms with Crippen molar-refractivity contribution in [2.75, 3.05) is 73.3 Å². The Morgan fingerprint density at radius 3 is 2.46 bits per heavy atom. The maximum absolute atomic E-state index is 13.3. The van der Waals surface area contributed by atoms with E-state index in [0.29, 0.717) is 46.4 Å².